The molecule has 1 N–H and O–H groups in total. The van der Waals surface area contributed by atoms with E-state index in [0.29, 0.717) is 17.1 Å². The molecule has 0 aromatic heterocycles. The van der Waals surface area contributed by atoms with Gasteiger partial charge in [-0.05, 0) is 30.5 Å². The molecule has 0 radical (unpaired) electrons. The van der Waals surface area contributed by atoms with Crippen molar-refractivity contribution in [1.29, 1.82) is 0 Å². The van der Waals surface area contributed by atoms with Gasteiger partial charge < -0.3 is 5.32 Å². The number of nitrogens with one attached hydrogen (secondary N) is 1. The Morgan fingerprint density at radius 3 is 2.65 bits per heavy atom. The summed E-state index contributed by atoms with van der Waals surface area (Å²) < 4.78 is 0.862. The molecule has 0 spiro atoms. The summed E-state index contributed by atoms with van der Waals surface area (Å²) in [5.74, 6) is 0.687. The lowest BCUT2D eigenvalue weighted by Crippen LogP contribution is -2.24. The smallest absolute Gasteiger partial charge is 0.252 e. The summed E-state index contributed by atoms with van der Waals surface area (Å²) in [5.41, 5.74) is 0.529. The first kappa shape index (κ1) is 17.5. The SMILES string of the molecule is CC(C)CCCCCCNC(=O)c1cc(Br)ccc1Cl. The topological polar surface area (TPSA) is 29.1 Å². The quantitative estimate of drug-likeness (QED) is 0.615. The molecule has 0 unspecified atom stereocenters. The molecule has 0 fully saturated rings. The van der Waals surface area contributed by atoms with Crippen LogP contribution >= 0.6 is 27.5 Å². The predicted molar refractivity (Wildman–Crippen MR) is 89.4 cm³/mol. The summed E-state index contributed by atoms with van der Waals surface area (Å²) in [4.78, 5) is 12.0. The Morgan fingerprint density at radius 2 is 1.95 bits per heavy atom. The van der Waals surface area contributed by atoms with Crippen LogP contribution in [0.25, 0.3) is 0 Å². The second-order valence-electron chi connectivity index (χ2n) is 5.48. The Hall–Kier alpha value is -0.540. The minimum Gasteiger partial charge on any atom is -0.352 e. The third-order valence-corrected chi connectivity index (χ3v) is 3.99. The van der Waals surface area contributed by atoms with E-state index in [2.05, 4.69) is 35.1 Å². The Balaban J connectivity index is 2.22. The number of hydrogen-bond donors (Lipinski definition) is 1. The molecule has 0 aliphatic carbocycles. The number of amides is 1. The van der Waals surface area contributed by atoms with Crippen molar-refractivity contribution in [2.24, 2.45) is 5.92 Å². The van der Waals surface area contributed by atoms with Gasteiger partial charge in [0.1, 0.15) is 0 Å². The Labute approximate surface area is 135 Å². The van der Waals surface area contributed by atoms with E-state index in [4.69, 9.17) is 11.6 Å². The predicted octanol–water partition coefficient (Wildman–Crippen LogP) is 5.44. The van der Waals surface area contributed by atoms with Gasteiger partial charge in [-0.3, -0.25) is 4.79 Å². The number of carbonyl (C=O) groups excluding carboxylic acids is 1. The van der Waals surface area contributed by atoms with Gasteiger partial charge in [0.2, 0.25) is 0 Å². The van der Waals surface area contributed by atoms with Gasteiger partial charge in [-0.1, -0.05) is 67.1 Å². The molecule has 1 rings (SSSR count). The number of rotatable bonds is 8. The molecule has 1 aromatic carbocycles. The Bertz CT molecular complexity index is 434. The maximum absolute atomic E-state index is 12.0. The number of benzene rings is 1. The highest BCUT2D eigenvalue weighted by molar-refractivity contribution is 9.10. The molecule has 2 nitrogen and oxygen atoms in total. The number of unbranched alkanes of at least 4 members (excludes halogenated alkanes) is 3. The van der Waals surface area contributed by atoms with Gasteiger partial charge in [-0.2, -0.15) is 0 Å². The van der Waals surface area contributed by atoms with Crippen LogP contribution in [0.1, 0.15) is 56.3 Å². The maximum Gasteiger partial charge on any atom is 0.252 e. The van der Waals surface area contributed by atoms with Crippen LogP contribution in [-0.2, 0) is 0 Å². The third kappa shape index (κ3) is 6.76. The fourth-order valence-electron chi connectivity index (χ4n) is 2.00. The van der Waals surface area contributed by atoms with Crippen LogP contribution in [0.2, 0.25) is 5.02 Å². The van der Waals surface area contributed by atoms with Crippen molar-refractivity contribution < 1.29 is 4.79 Å². The van der Waals surface area contributed by atoms with E-state index in [-0.39, 0.29) is 5.91 Å². The van der Waals surface area contributed by atoms with E-state index in [1.807, 2.05) is 6.07 Å². The lowest BCUT2D eigenvalue weighted by atomic mass is 10.0. The second-order valence-corrected chi connectivity index (χ2v) is 6.80. The summed E-state index contributed by atoms with van der Waals surface area (Å²) in [7, 11) is 0. The van der Waals surface area contributed by atoms with Gasteiger partial charge in [-0.15, -0.1) is 0 Å². The molecule has 20 heavy (non-hydrogen) atoms. The van der Waals surface area contributed by atoms with Crippen LogP contribution in [-0.4, -0.2) is 12.5 Å². The van der Waals surface area contributed by atoms with Crippen LogP contribution in [0, 0.1) is 5.92 Å². The Kier molecular flexibility index (Phi) is 8.24. The van der Waals surface area contributed by atoms with Gasteiger partial charge in [0.05, 0.1) is 10.6 Å². The molecule has 0 aliphatic heterocycles. The highest BCUT2D eigenvalue weighted by Crippen LogP contribution is 2.20. The number of carbonyl (C=O) groups is 1. The molecule has 0 heterocycles. The van der Waals surface area contributed by atoms with E-state index in [1.165, 1.54) is 25.7 Å². The molecular formula is C16H23BrClNO. The molecule has 0 saturated heterocycles. The van der Waals surface area contributed by atoms with E-state index < -0.39 is 0 Å². The summed E-state index contributed by atoms with van der Waals surface area (Å²) in [6.07, 6.45) is 6.00. The van der Waals surface area contributed by atoms with Crippen molar-refractivity contribution in [1.82, 2.24) is 5.32 Å². The number of hydrogen-bond acceptors (Lipinski definition) is 1. The van der Waals surface area contributed by atoms with Gasteiger partial charge in [0, 0.05) is 11.0 Å². The first-order valence-electron chi connectivity index (χ1n) is 7.24. The van der Waals surface area contributed by atoms with E-state index in [0.717, 1.165) is 16.8 Å². The molecule has 0 aliphatic rings. The molecule has 4 heteroatoms. The maximum atomic E-state index is 12.0. The van der Waals surface area contributed by atoms with Crippen LogP contribution in [0.15, 0.2) is 22.7 Å². The normalized spacial score (nSPS) is 10.8. The molecule has 1 aromatic rings. The average Bonchev–Trinajstić information content (AvgIpc) is 2.39. The molecule has 0 bridgehead atoms. The highest BCUT2D eigenvalue weighted by Gasteiger charge is 2.09. The minimum atomic E-state index is -0.0986. The lowest BCUT2D eigenvalue weighted by Gasteiger charge is -2.08. The fraction of sp³-hybridized carbons (Fsp3) is 0.562. The summed E-state index contributed by atoms with van der Waals surface area (Å²) in [6.45, 7) is 5.22. The molecular weight excluding hydrogens is 338 g/mol. The van der Waals surface area contributed by atoms with E-state index in [1.54, 1.807) is 12.1 Å². The van der Waals surface area contributed by atoms with Gasteiger partial charge in [0.15, 0.2) is 0 Å². The van der Waals surface area contributed by atoms with E-state index in [9.17, 15) is 4.79 Å². The van der Waals surface area contributed by atoms with Crippen LogP contribution in [0.5, 0.6) is 0 Å². The lowest BCUT2D eigenvalue weighted by molar-refractivity contribution is 0.0953. The summed E-state index contributed by atoms with van der Waals surface area (Å²) in [5, 5.41) is 3.41. The number of halogens is 2. The van der Waals surface area contributed by atoms with Gasteiger partial charge >= 0.3 is 0 Å². The fourth-order valence-corrected chi connectivity index (χ4v) is 2.56. The second kappa shape index (κ2) is 9.41. The largest absolute Gasteiger partial charge is 0.352 e. The van der Waals surface area contributed by atoms with Gasteiger partial charge in [0.25, 0.3) is 5.91 Å². The van der Waals surface area contributed by atoms with Crippen LogP contribution in [0.4, 0.5) is 0 Å². The minimum absolute atomic E-state index is 0.0986. The molecule has 0 atom stereocenters. The monoisotopic (exact) mass is 359 g/mol. The summed E-state index contributed by atoms with van der Waals surface area (Å²) in [6, 6.07) is 5.31. The zero-order valence-corrected chi connectivity index (χ0v) is 14.6. The Morgan fingerprint density at radius 1 is 1.25 bits per heavy atom. The average molecular weight is 361 g/mol. The summed E-state index contributed by atoms with van der Waals surface area (Å²) >= 11 is 9.37. The van der Waals surface area contributed by atoms with Crippen molar-refractivity contribution in [2.45, 2.75) is 46.0 Å². The zero-order chi connectivity index (χ0) is 15.0. The molecule has 1 amide bonds. The van der Waals surface area contributed by atoms with Crippen LogP contribution in [0.3, 0.4) is 0 Å². The van der Waals surface area contributed by atoms with Crippen molar-refractivity contribution in [3.63, 3.8) is 0 Å². The molecule has 0 saturated carbocycles. The molecule has 112 valence electrons. The van der Waals surface area contributed by atoms with Crippen LogP contribution < -0.4 is 5.32 Å². The van der Waals surface area contributed by atoms with Crippen molar-refractivity contribution >= 4 is 33.4 Å². The third-order valence-electron chi connectivity index (χ3n) is 3.17. The van der Waals surface area contributed by atoms with Crippen molar-refractivity contribution in [3.05, 3.63) is 33.3 Å². The van der Waals surface area contributed by atoms with Gasteiger partial charge in [-0.25, -0.2) is 0 Å². The standard InChI is InChI=1S/C16H23BrClNO/c1-12(2)7-5-3-4-6-10-19-16(20)14-11-13(17)8-9-15(14)18/h8-9,11-12H,3-7,10H2,1-2H3,(H,19,20). The first-order chi connectivity index (χ1) is 9.50. The zero-order valence-electron chi connectivity index (χ0n) is 12.2. The van der Waals surface area contributed by atoms with E-state index >= 15 is 0 Å². The van der Waals surface area contributed by atoms with Crippen molar-refractivity contribution in [3.8, 4) is 0 Å². The van der Waals surface area contributed by atoms with Crippen molar-refractivity contribution in [2.75, 3.05) is 6.54 Å². The first-order valence-corrected chi connectivity index (χ1v) is 8.41. The highest BCUT2D eigenvalue weighted by atomic mass is 79.9.